The third-order valence-corrected chi connectivity index (χ3v) is 5.66. The molecule has 0 atom stereocenters. The molecule has 0 aliphatic carbocycles. The Balaban J connectivity index is 1.63. The summed E-state index contributed by atoms with van der Waals surface area (Å²) in [6, 6.07) is 21.9. The SMILES string of the molecule is COc1ccccc1C(=O)n1nc(NCc2ccccc2Cl)nc1NCc1ccccc1Cl. The van der Waals surface area contributed by atoms with Gasteiger partial charge in [-0.2, -0.15) is 9.67 Å². The summed E-state index contributed by atoms with van der Waals surface area (Å²) in [4.78, 5) is 17.8. The summed E-state index contributed by atoms with van der Waals surface area (Å²) in [5.41, 5.74) is 2.12. The van der Waals surface area contributed by atoms with E-state index >= 15 is 0 Å². The lowest BCUT2D eigenvalue weighted by Crippen LogP contribution is -2.18. The second-order valence-corrected chi connectivity index (χ2v) is 7.88. The molecule has 0 aliphatic rings. The van der Waals surface area contributed by atoms with Crippen LogP contribution in [0.1, 0.15) is 21.5 Å². The fourth-order valence-corrected chi connectivity index (χ4v) is 3.62. The van der Waals surface area contributed by atoms with Gasteiger partial charge in [0.15, 0.2) is 0 Å². The molecule has 0 saturated carbocycles. The van der Waals surface area contributed by atoms with Crippen molar-refractivity contribution in [2.75, 3.05) is 17.7 Å². The molecule has 0 bridgehead atoms. The molecule has 9 heteroatoms. The van der Waals surface area contributed by atoms with Crippen LogP contribution in [-0.4, -0.2) is 27.8 Å². The molecule has 4 aromatic rings. The Hall–Kier alpha value is -3.55. The largest absolute Gasteiger partial charge is 0.496 e. The number of carbonyl (C=O) groups excluding carboxylic acids is 1. The molecule has 0 aliphatic heterocycles. The lowest BCUT2D eigenvalue weighted by molar-refractivity contribution is 0.0944. The summed E-state index contributed by atoms with van der Waals surface area (Å²) in [6.07, 6.45) is 0. The van der Waals surface area contributed by atoms with Crippen molar-refractivity contribution in [3.8, 4) is 5.75 Å². The van der Waals surface area contributed by atoms with Gasteiger partial charge in [0.1, 0.15) is 5.75 Å². The average molecular weight is 482 g/mol. The normalized spacial score (nSPS) is 10.6. The number of methoxy groups -OCH3 is 1. The van der Waals surface area contributed by atoms with Crippen molar-refractivity contribution in [3.63, 3.8) is 0 Å². The summed E-state index contributed by atoms with van der Waals surface area (Å²) in [5, 5.41) is 11.9. The van der Waals surface area contributed by atoms with Gasteiger partial charge in [-0.05, 0) is 35.4 Å². The smallest absolute Gasteiger partial charge is 0.285 e. The van der Waals surface area contributed by atoms with Crippen molar-refractivity contribution in [2.24, 2.45) is 0 Å². The minimum atomic E-state index is -0.382. The van der Waals surface area contributed by atoms with E-state index in [2.05, 4.69) is 20.7 Å². The van der Waals surface area contributed by atoms with Crippen molar-refractivity contribution in [1.29, 1.82) is 0 Å². The van der Waals surface area contributed by atoms with Crippen LogP contribution < -0.4 is 15.4 Å². The third kappa shape index (κ3) is 5.27. The number of benzene rings is 3. The summed E-state index contributed by atoms with van der Waals surface area (Å²) in [7, 11) is 1.51. The van der Waals surface area contributed by atoms with E-state index < -0.39 is 0 Å². The van der Waals surface area contributed by atoms with E-state index in [-0.39, 0.29) is 17.8 Å². The Morgan fingerprint density at radius 1 is 0.879 bits per heavy atom. The topological polar surface area (TPSA) is 81.1 Å². The van der Waals surface area contributed by atoms with Crippen LogP contribution in [0.3, 0.4) is 0 Å². The van der Waals surface area contributed by atoms with Gasteiger partial charge in [-0.1, -0.05) is 71.7 Å². The van der Waals surface area contributed by atoms with Gasteiger partial charge in [0, 0.05) is 23.1 Å². The Morgan fingerprint density at radius 2 is 1.45 bits per heavy atom. The number of nitrogens with one attached hydrogen (secondary N) is 2. The molecule has 3 aromatic carbocycles. The molecular formula is C24H21Cl2N5O2. The maximum Gasteiger partial charge on any atom is 0.285 e. The zero-order valence-electron chi connectivity index (χ0n) is 17.8. The van der Waals surface area contributed by atoms with E-state index in [1.54, 1.807) is 30.3 Å². The molecule has 0 amide bonds. The molecule has 2 N–H and O–H groups in total. The molecule has 0 unspecified atom stereocenters. The highest BCUT2D eigenvalue weighted by Crippen LogP contribution is 2.23. The zero-order valence-corrected chi connectivity index (χ0v) is 19.3. The summed E-state index contributed by atoms with van der Waals surface area (Å²) < 4.78 is 6.56. The van der Waals surface area contributed by atoms with Crippen molar-refractivity contribution in [1.82, 2.24) is 14.8 Å². The Kier molecular flexibility index (Phi) is 7.12. The summed E-state index contributed by atoms with van der Waals surface area (Å²) >= 11 is 12.5. The van der Waals surface area contributed by atoms with Crippen LogP contribution in [0.5, 0.6) is 5.75 Å². The van der Waals surface area contributed by atoms with E-state index in [1.807, 2.05) is 42.5 Å². The van der Waals surface area contributed by atoms with E-state index in [0.29, 0.717) is 34.4 Å². The number of hydrogen-bond acceptors (Lipinski definition) is 6. The highest BCUT2D eigenvalue weighted by Gasteiger charge is 2.21. The number of anilines is 2. The second-order valence-electron chi connectivity index (χ2n) is 7.07. The predicted molar refractivity (Wildman–Crippen MR) is 130 cm³/mol. The lowest BCUT2D eigenvalue weighted by atomic mass is 10.2. The van der Waals surface area contributed by atoms with Crippen molar-refractivity contribution < 1.29 is 9.53 Å². The highest BCUT2D eigenvalue weighted by atomic mass is 35.5. The van der Waals surface area contributed by atoms with Crippen molar-refractivity contribution >= 4 is 41.0 Å². The maximum atomic E-state index is 13.3. The van der Waals surface area contributed by atoms with Gasteiger partial charge in [-0.3, -0.25) is 4.79 Å². The third-order valence-electron chi connectivity index (χ3n) is 4.93. The van der Waals surface area contributed by atoms with Crippen LogP contribution in [0.15, 0.2) is 72.8 Å². The molecule has 4 rings (SSSR count). The molecule has 1 aromatic heterocycles. The Bertz CT molecular complexity index is 1280. The quantitative estimate of drug-likeness (QED) is 0.345. The van der Waals surface area contributed by atoms with Gasteiger partial charge >= 0.3 is 0 Å². The van der Waals surface area contributed by atoms with Gasteiger partial charge in [-0.25, -0.2) is 0 Å². The summed E-state index contributed by atoms with van der Waals surface area (Å²) in [5.74, 6) is 0.611. The van der Waals surface area contributed by atoms with Crippen molar-refractivity contribution in [3.05, 3.63) is 99.5 Å². The molecule has 0 radical (unpaired) electrons. The van der Waals surface area contributed by atoms with E-state index in [9.17, 15) is 4.79 Å². The zero-order chi connectivity index (χ0) is 23.2. The molecule has 33 heavy (non-hydrogen) atoms. The van der Waals surface area contributed by atoms with E-state index in [1.165, 1.54) is 11.8 Å². The standard InChI is InChI=1S/C24H21Cl2N5O2/c1-33-21-13-7-4-10-18(21)22(32)31-24(28-15-17-9-3-6-12-20(17)26)29-23(30-31)27-14-16-8-2-5-11-19(16)25/h2-13H,14-15H2,1H3,(H2,27,28,29,30). The Morgan fingerprint density at radius 3 is 2.09 bits per heavy atom. The number of para-hydroxylation sites is 1. The number of rotatable bonds is 8. The first kappa shape index (κ1) is 22.6. The van der Waals surface area contributed by atoms with Crippen LogP contribution in [0.4, 0.5) is 11.9 Å². The molecular weight excluding hydrogens is 461 g/mol. The van der Waals surface area contributed by atoms with E-state index in [4.69, 9.17) is 27.9 Å². The number of nitrogens with zero attached hydrogens (tertiary/aromatic N) is 3. The van der Waals surface area contributed by atoms with Crippen LogP contribution >= 0.6 is 23.2 Å². The molecule has 0 spiro atoms. The van der Waals surface area contributed by atoms with Gasteiger partial charge in [0.25, 0.3) is 5.91 Å². The fraction of sp³-hybridized carbons (Fsp3) is 0.125. The molecule has 7 nitrogen and oxygen atoms in total. The molecule has 0 fully saturated rings. The van der Waals surface area contributed by atoms with Crippen LogP contribution in [-0.2, 0) is 13.1 Å². The second kappa shape index (κ2) is 10.4. The minimum Gasteiger partial charge on any atom is -0.496 e. The van der Waals surface area contributed by atoms with Crippen molar-refractivity contribution in [2.45, 2.75) is 13.1 Å². The first-order valence-electron chi connectivity index (χ1n) is 10.2. The minimum absolute atomic E-state index is 0.271. The first-order valence-corrected chi connectivity index (χ1v) is 10.9. The van der Waals surface area contributed by atoms with Gasteiger partial charge in [0.05, 0.1) is 12.7 Å². The number of ether oxygens (including phenoxy) is 1. The van der Waals surface area contributed by atoms with Crippen LogP contribution in [0.2, 0.25) is 10.0 Å². The highest BCUT2D eigenvalue weighted by molar-refractivity contribution is 6.31. The van der Waals surface area contributed by atoms with Crippen LogP contribution in [0, 0.1) is 0 Å². The maximum absolute atomic E-state index is 13.3. The number of hydrogen-bond donors (Lipinski definition) is 2. The van der Waals surface area contributed by atoms with Gasteiger partial charge in [0.2, 0.25) is 11.9 Å². The monoisotopic (exact) mass is 481 g/mol. The molecule has 1 heterocycles. The molecule has 168 valence electrons. The number of halogens is 2. The lowest BCUT2D eigenvalue weighted by Gasteiger charge is -2.10. The predicted octanol–water partition coefficient (Wildman–Crippen LogP) is 5.51. The number of aromatic nitrogens is 3. The fourth-order valence-electron chi connectivity index (χ4n) is 3.21. The van der Waals surface area contributed by atoms with E-state index in [0.717, 1.165) is 11.1 Å². The average Bonchev–Trinajstić information content (AvgIpc) is 3.25. The summed E-state index contributed by atoms with van der Waals surface area (Å²) in [6.45, 7) is 0.762. The van der Waals surface area contributed by atoms with Gasteiger partial charge in [-0.15, -0.1) is 5.10 Å². The van der Waals surface area contributed by atoms with Crippen LogP contribution in [0.25, 0.3) is 0 Å². The molecule has 0 saturated heterocycles. The first-order chi connectivity index (χ1) is 16.1. The Labute approximate surface area is 201 Å². The van der Waals surface area contributed by atoms with Gasteiger partial charge < -0.3 is 15.4 Å². The number of carbonyl (C=O) groups is 1.